The molecule has 0 bridgehead atoms. The average Bonchev–Trinajstić information content (AvgIpc) is 2.95. The predicted octanol–water partition coefficient (Wildman–Crippen LogP) is 3.27. The molecule has 0 aliphatic heterocycles. The van der Waals surface area contributed by atoms with Gasteiger partial charge >= 0.3 is 0 Å². The second-order valence-electron chi connectivity index (χ2n) is 5.85. The highest BCUT2D eigenvalue weighted by molar-refractivity contribution is 8.93. The Kier molecular flexibility index (Phi) is 5.04. The Morgan fingerprint density at radius 1 is 1.04 bits per heavy atom. The highest BCUT2D eigenvalue weighted by Gasteiger charge is 2.08. The molecule has 0 unspecified atom stereocenters. The first-order chi connectivity index (χ1) is 12.5. The van der Waals surface area contributed by atoms with E-state index < -0.39 is 11.6 Å². The summed E-state index contributed by atoms with van der Waals surface area (Å²) in [7, 11) is 0. The predicted molar refractivity (Wildman–Crippen MR) is 104 cm³/mol. The molecule has 0 aliphatic rings. The number of halogens is 3. The van der Waals surface area contributed by atoms with Gasteiger partial charge < -0.3 is 10.7 Å². The van der Waals surface area contributed by atoms with Crippen molar-refractivity contribution in [2.24, 2.45) is 0 Å². The number of nitrogens with zero attached hydrogens (tertiary/aromatic N) is 3. The fourth-order valence-electron chi connectivity index (χ4n) is 2.76. The number of nitrogen functional groups attached to an aromatic ring is 1. The van der Waals surface area contributed by atoms with Crippen LogP contribution in [0.4, 0.5) is 14.7 Å². The Morgan fingerprint density at radius 3 is 2.52 bits per heavy atom. The number of nitrogens with two attached hydrogens (primary N) is 1. The van der Waals surface area contributed by atoms with E-state index in [1.807, 2.05) is 12.1 Å². The van der Waals surface area contributed by atoms with Gasteiger partial charge in [0.15, 0.2) is 5.95 Å². The lowest BCUT2D eigenvalue weighted by atomic mass is 10.1. The van der Waals surface area contributed by atoms with Crippen molar-refractivity contribution in [2.45, 2.75) is 6.54 Å². The lowest BCUT2D eigenvalue weighted by Gasteiger charge is -2.08. The molecule has 0 amide bonds. The molecule has 4 rings (SSSR count). The van der Waals surface area contributed by atoms with Crippen LogP contribution in [0.5, 0.6) is 0 Å². The first-order valence-corrected chi connectivity index (χ1v) is 7.77. The van der Waals surface area contributed by atoms with Crippen LogP contribution in [0.15, 0.2) is 53.3 Å². The minimum absolute atomic E-state index is 0. The number of nitrogens with one attached hydrogen (secondary N) is 1. The maximum absolute atomic E-state index is 13.4. The first kappa shape index (κ1) is 18.7. The van der Waals surface area contributed by atoms with Crippen LogP contribution in [0.3, 0.4) is 0 Å². The summed E-state index contributed by atoms with van der Waals surface area (Å²) >= 11 is 0. The molecule has 2 aromatic heterocycles. The molecule has 0 aliphatic carbocycles. The van der Waals surface area contributed by atoms with Gasteiger partial charge in [-0.25, -0.2) is 18.4 Å². The van der Waals surface area contributed by atoms with E-state index in [2.05, 4.69) is 15.1 Å². The van der Waals surface area contributed by atoms with Crippen LogP contribution in [-0.2, 0) is 6.54 Å². The average molecular weight is 434 g/mol. The van der Waals surface area contributed by atoms with Crippen LogP contribution in [0.2, 0.25) is 0 Å². The van der Waals surface area contributed by atoms with Crippen molar-refractivity contribution >= 4 is 34.0 Å². The molecule has 0 spiro atoms. The van der Waals surface area contributed by atoms with Crippen molar-refractivity contribution in [3.8, 4) is 11.3 Å². The molecule has 2 aromatic carbocycles. The van der Waals surface area contributed by atoms with Crippen molar-refractivity contribution in [1.29, 1.82) is 0 Å². The molecule has 0 fully saturated rings. The van der Waals surface area contributed by atoms with E-state index in [0.717, 1.165) is 17.1 Å². The highest BCUT2D eigenvalue weighted by Crippen LogP contribution is 2.19. The van der Waals surface area contributed by atoms with Gasteiger partial charge in [-0.2, -0.15) is 5.10 Å². The summed E-state index contributed by atoms with van der Waals surface area (Å²) in [5.41, 5.74) is 8.12. The Balaban J connectivity index is 0.00000210. The quantitative estimate of drug-likeness (QED) is 0.518. The van der Waals surface area contributed by atoms with Gasteiger partial charge in [0.25, 0.3) is 5.56 Å². The number of benzene rings is 2. The summed E-state index contributed by atoms with van der Waals surface area (Å²) in [6, 6.07) is 11.3. The van der Waals surface area contributed by atoms with Gasteiger partial charge in [0.1, 0.15) is 11.6 Å². The molecule has 138 valence electrons. The third-order valence-corrected chi connectivity index (χ3v) is 3.92. The maximum Gasteiger partial charge on any atom is 0.267 e. The second-order valence-corrected chi connectivity index (χ2v) is 5.85. The number of aromatic amines is 1. The zero-order valence-corrected chi connectivity index (χ0v) is 15.5. The molecule has 4 aromatic rings. The number of hydrogen-bond donors (Lipinski definition) is 2. The van der Waals surface area contributed by atoms with E-state index >= 15 is 0 Å². The molecule has 27 heavy (non-hydrogen) atoms. The molecular weight excluding hydrogens is 420 g/mol. The van der Waals surface area contributed by atoms with E-state index in [4.69, 9.17) is 5.73 Å². The van der Waals surface area contributed by atoms with Crippen LogP contribution in [-0.4, -0.2) is 19.7 Å². The third-order valence-electron chi connectivity index (χ3n) is 3.92. The minimum atomic E-state index is -0.707. The Hall–Kier alpha value is -3.07. The van der Waals surface area contributed by atoms with Crippen LogP contribution in [0, 0.1) is 11.6 Å². The normalized spacial score (nSPS) is 10.7. The van der Waals surface area contributed by atoms with Crippen molar-refractivity contribution in [1.82, 2.24) is 19.7 Å². The fraction of sp³-hybridized carbons (Fsp3) is 0.0556. The minimum Gasteiger partial charge on any atom is -0.369 e. The Labute approximate surface area is 162 Å². The summed E-state index contributed by atoms with van der Waals surface area (Å²) in [6.07, 6.45) is 0. The SMILES string of the molecule is Br.Nc1nc2cc(Cn3nc(-c4cc(F)cc(F)c4)ccc3=O)ccc2[nH]1. The van der Waals surface area contributed by atoms with Crippen LogP contribution in [0.25, 0.3) is 22.3 Å². The molecule has 0 saturated heterocycles. The number of imidazole rings is 1. The standard InChI is InChI=1S/C18H13F2N5O.BrH/c19-12-6-11(7-13(20)8-12)14-3-4-17(26)25(24-14)9-10-1-2-15-16(5-10)23-18(21)22-15;/h1-8H,9H2,(H3,21,22,23);1H. The van der Waals surface area contributed by atoms with E-state index in [-0.39, 0.29) is 34.6 Å². The Bertz CT molecular complexity index is 1170. The van der Waals surface area contributed by atoms with Crippen molar-refractivity contribution in [3.05, 3.63) is 76.1 Å². The van der Waals surface area contributed by atoms with Crippen molar-refractivity contribution < 1.29 is 8.78 Å². The lowest BCUT2D eigenvalue weighted by Crippen LogP contribution is -2.22. The van der Waals surface area contributed by atoms with Crippen LogP contribution in [0.1, 0.15) is 5.56 Å². The van der Waals surface area contributed by atoms with Crippen LogP contribution < -0.4 is 11.3 Å². The molecule has 2 heterocycles. The highest BCUT2D eigenvalue weighted by atomic mass is 79.9. The molecule has 0 atom stereocenters. The number of hydrogen-bond acceptors (Lipinski definition) is 4. The summed E-state index contributed by atoms with van der Waals surface area (Å²) in [4.78, 5) is 19.2. The zero-order valence-electron chi connectivity index (χ0n) is 13.8. The topological polar surface area (TPSA) is 89.6 Å². The fourth-order valence-corrected chi connectivity index (χ4v) is 2.76. The maximum atomic E-state index is 13.4. The van der Waals surface area contributed by atoms with Crippen LogP contribution >= 0.6 is 17.0 Å². The summed E-state index contributed by atoms with van der Waals surface area (Å²) in [5.74, 6) is -1.11. The summed E-state index contributed by atoms with van der Waals surface area (Å²) < 4.78 is 28.1. The Morgan fingerprint density at radius 2 is 1.78 bits per heavy atom. The van der Waals surface area contributed by atoms with Gasteiger partial charge in [-0.05, 0) is 35.9 Å². The van der Waals surface area contributed by atoms with Gasteiger partial charge in [0.2, 0.25) is 0 Å². The summed E-state index contributed by atoms with van der Waals surface area (Å²) in [5, 5.41) is 4.22. The zero-order chi connectivity index (χ0) is 18.3. The molecule has 0 saturated carbocycles. The van der Waals surface area contributed by atoms with Crippen molar-refractivity contribution in [2.75, 3.05) is 5.73 Å². The molecule has 3 N–H and O–H groups in total. The molecule has 6 nitrogen and oxygen atoms in total. The number of rotatable bonds is 3. The number of aromatic nitrogens is 4. The van der Waals surface area contributed by atoms with Crippen molar-refractivity contribution in [3.63, 3.8) is 0 Å². The van der Waals surface area contributed by atoms with E-state index in [9.17, 15) is 13.6 Å². The number of fused-ring (bicyclic) bond motifs is 1. The molecule has 0 radical (unpaired) electrons. The second kappa shape index (κ2) is 7.28. The van der Waals surface area contributed by atoms with Gasteiger partial charge in [-0.1, -0.05) is 6.07 Å². The van der Waals surface area contributed by atoms with Gasteiger partial charge in [0, 0.05) is 17.7 Å². The summed E-state index contributed by atoms with van der Waals surface area (Å²) in [6.45, 7) is 0.188. The van der Waals surface area contributed by atoms with Gasteiger partial charge in [-0.15, -0.1) is 17.0 Å². The van der Waals surface area contributed by atoms with Gasteiger partial charge in [-0.3, -0.25) is 4.79 Å². The van der Waals surface area contributed by atoms with E-state index in [1.165, 1.54) is 28.9 Å². The monoisotopic (exact) mass is 433 g/mol. The molecular formula is C18H14BrF2N5O. The largest absolute Gasteiger partial charge is 0.369 e. The van der Waals surface area contributed by atoms with E-state index in [0.29, 0.717) is 17.2 Å². The molecule has 9 heteroatoms. The number of H-pyrrole nitrogens is 1. The van der Waals surface area contributed by atoms with Gasteiger partial charge in [0.05, 0.1) is 23.3 Å². The first-order valence-electron chi connectivity index (χ1n) is 7.77. The lowest BCUT2D eigenvalue weighted by molar-refractivity contribution is 0.583. The van der Waals surface area contributed by atoms with E-state index in [1.54, 1.807) is 6.07 Å². The number of anilines is 1. The third kappa shape index (κ3) is 3.87. The smallest absolute Gasteiger partial charge is 0.267 e.